The predicted molar refractivity (Wildman–Crippen MR) is 307 cm³/mol. The molecule has 0 spiro atoms. The van der Waals surface area contributed by atoms with E-state index in [2.05, 4.69) is 264 Å². The van der Waals surface area contributed by atoms with Crippen LogP contribution in [0.4, 0.5) is 22.7 Å². The fourth-order valence-electron chi connectivity index (χ4n) is 11.3. The molecule has 74 heavy (non-hydrogen) atoms. The van der Waals surface area contributed by atoms with Gasteiger partial charge in [0, 0.05) is 71.3 Å². The number of aromatic nitrogens is 2. The summed E-state index contributed by atoms with van der Waals surface area (Å²) in [5.74, 6) is 2.64. The summed E-state index contributed by atoms with van der Waals surface area (Å²) in [6, 6.07) is 75.4. The van der Waals surface area contributed by atoms with Gasteiger partial charge in [-0.05, 0) is 109 Å². The van der Waals surface area contributed by atoms with Gasteiger partial charge in [-0.25, -0.2) is 4.98 Å². The van der Waals surface area contributed by atoms with Gasteiger partial charge < -0.3 is 19.1 Å². The molecule has 0 unspecified atom stereocenters. The smallest absolute Gasteiger partial charge is 0.144 e. The quantitative estimate of drug-likeness (QED) is 0.112. The third-order valence-corrected chi connectivity index (χ3v) is 14.9. The van der Waals surface area contributed by atoms with Crippen LogP contribution in [0, 0.1) is 18.8 Å². The number of pyridine rings is 1. The Hall–Kier alpha value is -7.72. The standard InChI is InChI=1S/C68H55N4O.Pt/c1-42(2)52-22-16-23-53(43(3)4)64(52)46-37-49(71-41-70(61-25-14-15-26-62(61)71)48-31-29-47(30-32-48)68(5,6)7)39-51(38-46)73-50-33-35-57-56-21-12-13-24-60(56)72(63(57)40-50)67-58-34-27-44-17-8-10-19-54(44)65(58)66-55-20-11-9-18-45(55)28-36-59(66)69-67;/h8-38,41-43H,1-7H3;/q-3;. The first-order valence-electron chi connectivity index (χ1n) is 25.6. The van der Waals surface area contributed by atoms with Gasteiger partial charge >= 0.3 is 0 Å². The van der Waals surface area contributed by atoms with Crippen molar-refractivity contribution in [3.05, 3.63) is 224 Å². The average Bonchev–Trinajstić information content (AvgIpc) is 3.96. The molecule has 0 N–H and O–H groups in total. The second-order valence-corrected chi connectivity index (χ2v) is 21.2. The van der Waals surface area contributed by atoms with Crippen molar-refractivity contribution < 1.29 is 25.8 Å². The summed E-state index contributed by atoms with van der Waals surface area (Å²) in [6.45, 7) is 18.1. The monoisotopic (exact) mass is 1140 g/mol. The molecule has 10 aromatic carbocycles. The Bertz CT molecular complexity index is 4140. The third kappa shape index (κ3) is 7.83. The van der Waals surface area contributed by atoms with Gasteiger partial charge in [-0.15, -0.1) is 53.6 Å². The van der Waals surface area contributed by atoms with Gasteiger partial charge in [0.1, 0.15) is 5.82 Å². The molecule has 3 heterocycles. The number of para-hydroxylation sites is 3. The molecular weight excluding hydrogens is 1080 g/mol. The molecule has 0 atom stereocenters. The van der Waals surface area contributed by atoms with E-state index in [1.165, 1.54) is 49.2 Å². The summed E-state index contributed by atoms with van der Waals surface area (Å²) in [7, 11) is 0. The molecule has 2 aromatic heterocycles. The first-order valence-corrected chi connectivity index (χ1v) is 25.6. The Morgan fingerprint density at radius 1 is 0.527 bits per heavy atom. The number of anilines is 4. The van der Waals surface area contributed by atoms with Crippen molar-refractivity contribution in [2.45, 2.75) is 65.7 Å². The van der Waals surface area contributed by atoms with Crippen molar-refractivity contribution >= 4 is 87.8 Å². The van der Waals surface area contributed by atoms with Crippen LogP contribution in [0.2, 0.25) is 0 Å². The summed E-state index contributed by atoms with van der Waals surface area (Å²) in [5, 5.41) is 10.4. The van der Waals surface area contributed by atoms with Crippen LogP contribution < -0.4 is 14.5 Å². The maximum atomic E-state index is 7.15. The number of fused-ring (bicyclic) bond motifs is 11. The predicted octanol–water partition coefficient (Wildman–Crippen LogP) is 18.8. The second-order valence-electron chi connectivity index (χ2n) is 21.2. The van der Waals surface area contributed by atoms with Crippen LogP contribution in [-0.2, 0) is 26.5 Å². The molecule has 366 valence electrons. The fourth-order valence-corrected chi connectivity index (χ4v) is 11.3. The average molecular weight is 1140 g/mol. The minimum absolute atomic E-state index is 0. The van der Waals surface area contributed by atoms with E-state index in [1.807, 2.05) is 6.07 Å². The van der Waals surface area contributed by atoms with Crippen LogP contribution in [0.25, 0.3) is 82.0 Å². The zero-order valence-electron chi connectivity index (χ0n) is 42.6. The van der Waals surface area contributed by atoms with E-state index < -0.39 is 0 Å². The fraction of sp³-hybridized carbons (Fsp3) is 0.147. The van der Waals surface area contributed by atoms with Crippen LogP contribution in [-0.4, -0.2) is 9.55 Å². The van der Waals surface area contributed by atoms with E-state index in [0.717, 1.165) is 72.2 Å². The summed E-state index contributed by atoms with van der Waals surface area (Å²) in [6.07, 6.45) is 0. The Balaban J connectivity index is 0.00000556. The topological polar surface area (TPSA) is 33.5 Å². The molecule has 0 saturated carbocycles. The van der Waals surface area contributed by atoms with Crippen LogP contribution >= 0.6 is 0 Å². The first kappa shape index (κ1) is 47.3. The second kappa shape index (κ2) is 18.3. The molecule has 0 aliphatic carbocycles. The van der Waals surface area contributed by atoms with Gasteiger partial charge in [-0.1, -0.05) is 175 Å². The maximum Gasteiger partial charge on any atom is 0.144 e. The molecule has 6 heteroatoms. The Morgan fingerprint density at radius 3 is 1.82 bits per heavy atom. The van der Waals surface area contributed by atoms with Crippen molar-refractivity contribution in [2.24, 2.45) is 0 Å². The Morgan fingerprint density at radius 2 is 1.14 bits per heavy atom. The summed E-state index contributed by atoms with van der Waals surface area (Å²) < 4.78 is 9.44. The minimum atomic E-state index is 0. The molecule has 0 bridgehead atoms. The van der Waals surface area contributed by atoms with E-state index >= 15 is 0 Å². The zero-order valence-corrected chi connectivity index (χ0v) is 44.9. The van der Waals surface area contributed by atoms with Gasteiger partial charge in [0.15, 0.2) is 0 Å². The number of nitrogens with zero attached hydrogens (tertiary/aromatic N) is 4. The number of benzene rings is 10. The van der Waals surface area contributed by atoms with E-state index in [0.29, 0.717) is 23.3 Å². The zero-order chi connectivity index (χ0) is 49.7. The van der Waals surface area contributed by atoms with E-state index in [-0.39, 0.29) is 26.5 Å². The minimum Gasteiger partial charge on any atom is -0.509 e. The molecule has 0 saturated heterocycles. The first-order chi connectivity index (χ1) is 35.5. The normalized spacial score (nSPS) is 12.8. The molecule has 1 aliphatic heterocycles. The number of hydrogen-bond acceptors (Lipinski definition) is 4. The molecule has 5 nitrogen and oxygen atoms in total. The largest absolute Gasteiger partial charge is 0.509 e. The van der Waals surface area contributed by atoms with Crippen molar-refractivity contribution in [1.82, 2.24) is 9.55 Å². The van der Waals surface area contributed by atoms with E-state index in [9.17, 15) is 0 Å². The Kier molecular flexibility index (Phi) is 11.7. The maximum absolute atomic E-state index is 7.15. The Labute approximate surface area is 447 Å². The van der Waals surface area contributed by atoms with Gasteiger partial charge in [0.25, 0.3) is 0 Å². The SMILES string of the molecule is CC(C)c1cccc(C(C)C)c1-c1cc(Oc2[c-]c3c(cc2)c2ccccc2n3-c2nc3ccc4ccccc4c3c3c2ccc2ccccc23)[c-]c(N2[CH-]N(c3ccc(C(C)(C)C)cc3)c3ccccc32)c1.[Pt]. The molecule has 1 aliphatic rings. The van der Waals surface area contributed by atoms with Crippen LogP contribution in [0.1, 0.15) is 77.0 Å². The van der Waals surface area contributed by atoms with Crippen molar-refractivity contribution in [2.75, 3.05) is 9.80 Å². The van der Waals surface area contributed by atoms with E-state index in [4.69, 9.17) is 9.72 Å². The molecule has 13 rings (SSSR count). The van der Waals surface area contributed by atoms with Crippen LogP contribution in [0.3, 0.4) is 0 Å². The van der Waals surface area contributed by atoms with Gasteiger partial charge in [-0.3, -0.25) is 0 Å². The molecule has 0 amide bonds. The van der Waals surface area contributed by atoms with Crippen LogP contribution in [0.5, 0.6) is 11.5 Å². The van der Waals surface area contributed by atoms with Gasteiger partial charge in [0.2, 0.25) is 0 Å². The van der Waals surface area contributed by atoms with Gasteiger partial charge in [-0.2, -0.15) is 6.07 Å². The van der Waals surface area contributed by atoms with Gasteiger partial charge in [0.05, 0.1) is 5.52 Å². The third-order valence-electron chi connectivity index (χ3n) is 14.9. The number of rotatable bonds is 8. The number of ether oxygens (including phenoxy) is 1. The molecule has 12 aromatic rings. The summed E-state index contributed by atoms with van der Waals surface area (Å²) in [4.78, 5) is 10.1. The van der Waals surface area contributed by atoms with Crippen LogP contribution in [0.15, 0.2) is 188 Å². The number of hydrogen-bond donors (Lipinski definition) is 0. The van der Waals surface area contributed by atoms with Crippen molar-refractivity contribution in [3.63, 3.8) is 0 Å². The molecular formula is C68H55N4OPt-3. The molecule has 0 radical (unpaired) electrons. The van der Waals surface area contributed by atoms with Crippen molar-refractivity contribution in [3.8, 4) is 28.4 Å². The summed E-state index contributed by atoms with van der Waals surface area (Å²) >= 11 is 0. The summed E-state index contributed by atoms with van der Waals surface area (Å²) in [5.41, 5.74) is 13.3. The van der Waals surface area contributed by atoms with E-state index in [1.54, 1.807) is 0 Å². The van der Waals surface area contributed by atoms with Crippen molar-refractivity contribution in [1.29, 1.82) is 0 Å². The molecule has 0 fully saturated rings.